The van der Waals surface area contributed by atoms with Crippen molar-refractivity contribution in [1.29, 1.82) is 0 Å². The van der Waals surface area contributed by atoms with Crippen molar-refractivity contribution in [3.63, 3.8) is 0 Å². The van der Waals surface area contributed by atoms with Crippen LogP contribution in [0.4, 0.5) is 4.39 Å². The molecule has 2 aromatic rings. The third-order valence-corrected chi connectivity index (χ3v) is 3.54. The molecule has 0 aliphatic heterocycles. The van der Waals surface area contributed by atoms with Gasteiger partial charge < -0.3 is 5.32 Å². The van der Waals surface area contributed by atoms with Crippen LogP contribution in [0.5, 0.6) is 0 Å². The van der Waals surface area contributed by atoms with Crippen LogP contribution in [-0.2, 0) is 0 Å². The molecule has 0 amide bonds. The first-order valence-electron chi connectivity index (χ1n) is 6.19. The summed E-state index contributed by atoms with van der Waals surface area (Å²) in [5.74, 6) is -0.309. The first kappa shape index (κ1) is 14.2. The molecule has 2 unspecified atom stereocenters. The summed E-state index contributed by atoms with van der Waals surface area (Å²) in [5, 5.41) is 3.45. The van der Waals surface area contributed by atoms with Gasteiger partial charge in [0.2, 0.25) is 0 Å². The maximum Gasteiger partial charge on any atom is 0.141 e. The zero-order valence-electron chi connectivity index (χ0n) is 10.9. The van der Waals surface area contributed by atoms with Crippen LogP contribution in [0.2, 0.25) is 0 Å². The van der Waals surface area contributed by atoms with Gasteiger partial charge in [-0.1, -0.05) is 28.1 Å². The predicted octanol–water partition coefficient (Wildman–Crippen LogP) is 4.40. The van der Waals surface area contributed by atoms with Crippen molar-refractivity contribution in [2.45, 2.75) is 25.9 Å². The topological polar surface area (TPSA) is 24.9 Å². The Kier molecular flexibility index (Phi) is 4.66. The van der Waals surface area contributed by atoms with E-state index in [4.69, 9.17) is 0 Å². The average Bonchev–Trinajstić information content (AvgIpc) is 2.39. The predicted molar refractivity (Wildman–Crippen MR) is 78.3 cm³/mol. The second-order valence-electron chi connectivity index (χ2n) is 4.57. The Morgan fingerprint density at radius 3 is 2.58 bits per heavy atom. The van der Waals surface area contributed by atoms with Gasteiger partial charge in [-0.25, -0.2) is 4.39 Å². The highest BCUT2D eigenvalue weighted by Crippen LogP contribution is 2.21. The molecule has 2 rings (SSSR count). The van der Waals surface area contributed by atoms with Gasteiger partial charge in [-0.2, -0.15) is 0 Å². The Hall–Kier alpha value is -1.26. The summed E-state index contributed by atoms with van der Waals surface area (Å²) in [6.45, 7) is 4.12. The van der Waals surface area contributed by atoms with Crippen molar-refractivity contribution in [3.05, 3.63) is 64.1 Å². The highest BCUT2D eigenvalue weighted by atomic mass is 79.9. The van der Waals surface area contributed by atoms with Crippen LogP contribution < -0.4 is 5.32 Å². The minimum Gasteiger partial charge on any atom is -0.302 e. The van der Waals surface area contributed by atoms with E-state index in [2.05, 4.69) is 45.3 Å². The SMILES string of the molecule is CC(NC(C)c1ccc(F)cn1)c1cccc(Br)c1. The first-order chi connectivity index (χ1) is 9.06. The zero-order chi connectivity index (χ0) is 13.8. The molecule has 0 bridgehead atoms. The van der Waals surface area contributed by atoms with E-state index in [-0.39, 0.29) is 17.9 Å². The summed E-state index contributed by atoms with van der Waals surface area (Å²) in [7, 11) is 0. The number of benzene rings is 1. The van der Waals surface area contributed by atoms with Gasteiger partial charge in [-0.05, 0) is 43.7 Å². The lowest BCUT2D eigenvalue weighted by atomic mass is 10.1. The van der Waals surface area contributed by atoms with Crippen molar-refractivity contribution < 1.29 is 4.39 Å². The number of hydrogen-bond donors (Lipinski definition) is 1. The van der Waals surface area contributed by atoms with Gasteiger partial charge in [0.25, 0.3) is 0 Å². The molecule has 0 fully saturated rings. The largest absolute Gasteiger partial charge is 0.302 e. The highest BCUT2D eigenvalue weighted by molar-refractivity contribution is 9.10. The number of nitrogens with zero attached hydrogens (tertiary/aromatic N) is 1. The number of aromatic nitrogens is 1. The molecule has 0 spiro atoms. The van der Waals surface area contributed by atoms with Crippen molar-refractivity contribution in [2.24, 2.45) is 0 Å². The lowest BCUT2D eigenvalue weighted by molar-refractivity contribution is 0.484. The summed E-state index contributed by atoms with van der Waals surface area (Å²) >= 11 is 3.47. The van der Waals surface area contributed by atoms with Gasteiger partial charge in [-0.3, -0.25) is 4.98 Å². The number of pyridine rings is 1. The molecule has 1 N–H and O–H groups in total. The molecule has 2 nitrogen and oxygen atoms in total. The summed E-state index contributed by atoms with van der Waals surface area (Å²) in [6, 6.07) is 11.6. The zero-order valence-corrected chi connectivity index (χ0v) is 12.5. The molecule has 1 aromatic heterocycles. The maximum atomic E-state index is 12.8. The fourth-order valence-electron chi connectivity index (χ4n) is 1.98. The van der Waals surface area contributed by atoms with E-state index in [9.17, 15) is 4.39 Å². The smallest absolute Gasteiger partial charge is 0.141 e. The van der Waals surface area contributed by atoms with Crippen LogP contribution in [-0.4, -0.2) is 4.98 Å². The second kappa shape index (κ2) is 6.26. The molecule has 0 aliphatic carbocycles. The van der Waals surface area contributed by atoms with Crippen molar-refractivity contribution >= 4 is 15.9 Å². The minimum absolute atomic E-state index is 0.0644. The van der Waals surface area contributed by atoms with Gasteiger partial charge in [0.15, 0.2) is 0 Å². The van der Waals surface area contributed by atoms with E-state index >= 15 is 0 Å². The van der Waals surface area contributed by atoms with E-state index < -0.39 is 0 Å². The van der Waals surface area contributed by atoms with Crippen LogP contribution in [0.15, 0.2) is 47.1 Å². The Bertz CT molecular complexity index is 542. The summed E-state index contributed by atoms with van der Waals surface area (Å²) < 4.78 is 13.9. The second-order valence-corrected chi connectivity index (χ2v) is 5.48. The van der Waals surface area contributed by atoms with Crippen LogP contribution in [0.1, 0.15) is 37.2 Å². The normalized spacial score (nSPS) is 14.1. The van der Waals surface area contributed by atoms with Gasteiger partial charge in [0.1, 0.15) is 5.82 Å². The third-order valence-electron chi connectivity index (χ3n) is 3.04. The molecule has 4 heteroatoms. The minimum atomic E-state index is -0.309. The molecular formula is C15H16BrFN2. The fraction of sp³-hybridized carbons (Fsp3) is 0.267. The van der Waals surface area contributed by atoms with Crippen LogP contribution in [0.25, 0.3) is 0 Å². The van der Waals surface area contributed by atoms with Crippen molar-refractivity contribution in [2.75, 3.05) is 0 Å². The van der Waals surface area contributed by atoms with Gasteiger partial charge in [0, 0.05) is 16.6 Å². The van der Waals surface area contributed by atoms with Crippen LogP contribution in [0.3, 0.4) is 0 Å². The maximum absolute atomic E-state index is 12.8. The summed E-state index contributed by atoms with van der Waals surface area (Å²) in [5.41, 5.74) is 2.03. The number of rotatable bonds is 4. The van der Waals surface area contributed by atoms with E-state index in [0.717, 1.165) is 10.2 Å². The fourth-order valence-corrected chi connectivity index (χ4v) is 2.39. The highest BCUT2D eigenvalue weighted by Gasteiger charge is 2.12. The Labute approximate surface area is 121 Å². The molecule has 0 saturated heterocycles. The molecule has 100 valence electrons. The van der Waals surface area contributed by atoms with Crippen LogP contribution in [0, 0.1) is 5.82 Å². The average molecular weight is 323 g/mol. The van der Waals surface area contributed by atoms with Crippen molar-refractivity contribution in [1.82, 2.24) is 10.3 Å². The van der Waals surface area contributed by atoms with Crippen molar-refractivity contribution in [3.8, 4) is 0 Å². The number of nitrogens with one attached hydrogen (secondary N) is 1. The molecular weight excluding hydrogens is 307 g/mol. The monoisotopic (exact) mass is 322 g/mol. The molecule has 1 aromatic carbocycles. The Morgan fingerprint density at radius 1 is 1.16 bits per heavy atom. The lowest BCUT2D eigenvalue weighted by Gasteiger charge is -2.20. The quantitative estimate of drug-likeness (QED) is 0.902. The molecule has 0 aliphatic rings. The third kappa shape index (κ3) is 3.85. The van der Waals surface area contributed by atoms with E-state index in [0.29, 0.717) is 0 Å². The van der Waals surface area contributed by atoms with E-state index in [1.54, 1.807) is 6.07 Å². The molecule has 2 atom stereocenters. The molecule has 0 saturated carbocycles. The van der Waals surface area contributed by atoms with Crippen LogP contribution >= 0.6 is 15.9 Å². The van der Waals surface area contributed by atoms with Gasteiger partial charge in [-0.15, -0.1) is 0 Å². The molecule has 19 heavy (non-hydrogen) atoms. The summed E-state index contributed by atoms with van der Waals surface area (Å²) in [6.07, 6.45) is 1.25. The summed E-state index contributed by atoms with van der Waals surface area (Å²) in [4.78, 5) is 4.10. The Balaban J connectivity index is 2.06. The number of halogens is 2. The van der Waals surface area contributed by atoms with Gasteiger partial charge in [0.05, 0.1) is 11.9 Å². The molecule has 0 radical (unpaired) electrons. The Morgan fingerprint density at radius 2 is 1.95 bits per heavy atom. The van der Waals surface area contributed by atoms with Gasteiger partial charge >= 0.3 is 0 Å². The number of hydrogen-bond acceptors (Lipinski definition) is 2. The van der Waals surface area contributed by atoms with E-state index in [1.807, 2.05) is 19.1 Å². The standard InChI is InChI=1S/C15H16BrFN2/c1-10(12-4-3-5-13(16)8-12)19-11(2)15-7-6-14(17)9-18-15/h3-11,19H,1-2H3. The van der Waals surface area contributed by atoms with E-state index in [1.165, 1.54) is 17.8 Å². The molecule has 1 heterocycles. The lowest BCUT2D eigenvalue weighted by Crippen LogP contribution is -2.23. The first-order valence-corrected chi connectivity index (χ1v) is 6.98.